The molecule has 7 heteroatoms. The Morgan fingerprint density at radius 1 is 1.07 bits per heavy atom. The SMILES string of the molecule is Cc1cccc(-n2nc3nc(N4CCCCC4)nc(-c4ccsc4)c3c2N)c1. The fourth-order valence-electron chi connectivity index (χ4n) is 3.80. The van der Waals surface area contributed by atoms with Crippen molar-refractivity contribution in [3.8, 4) is 16.9 Å². The number of anilines is 2. The van der Waals surface area contributed by atoms with Crippen LogP contribution in [0.1, 0.15) is 24.8 Å². The Morgan fingerprint density at radius 2 is 1.93 bits per heavy atom. The first-order chi connectivity index (χ1) is 13.7. The van der Waals surface area contributed by atoms with E-state index in [1.807, 2.05) is 12.1 Å². The van der Waals surface area contributed by atoms with Gasteiger partial charge in [-0.05, 0) is 55.3 Å². The van der Waals surface area contributed by atoms with Gasteiger partial charge in [0.1, 0.15) is 5.82 Å². The van der Waals surface area contributed by atoms with Crippen molar-refractivity contribution in [2.75, 3.05) is 23.7 Å². The van der Waals surface area contributed by atoms with Gasteiger partial charge in [-0.25, -0.2) is 9.67 Å². The highest BCUT2D eigenvalue weighted by Crippen LogP contribution is 2.34. The molecule has 0 saturated carbocycles. The molecule has 0 amide bonds. The van der Waals surface area contributed by atoms with Gasteiger partial charge < -0.3 is 10.6 Å². The van der Waals surface area contributed by atoms with Crippen LogP contribution in [0.4, 0.5) is 11.8 Å². The largest absolute Gasteiger partial charge is 0.383 e. The van der Waals surface area contributed by atoms with Crippen LogP contribution in [-0.2, 0) is 0 Å². The number of thiophene rings is 1. The second-order valence-electron chi connectivity index (χ2n) is 7.27. The third kappa shape index (κ3) is 2.92. The molecule has 0 aliphatic carbocycles. The van der Waals surface area contributed by atoms with Crippen molar-refractivity contribution in [3.05, 3.63) is 46.7 Å². The van der Waals surface area contributed by atoms with Crippen LogP contribution >= 0.6 is 11.3 Å². The standard InChI is InChI=1S/C21H22N6S/c1-14-6-5-7-16(12-14)27-19(22)17-18(15-8-11-28-13-15)23-21(24-20(17)25-27)26-9-3-2-4-10-26/h5-8,11-13H,2-4,9-10,22H2,1H3. The molecule has 2 N–H and O–H groups in total. The number of hydrogen-bond acceptors (Lipinski definition) is 6. The smallest absolute Gasteiger partial charge is 0.228 e. The Morgan fingerprint density at radius 3 is 2.68 bits per heavy atom. The fourth-order valence-corrected chi connectivity index (χ4v) is 4.44. The van der Waals surface area contributed by atoms with E-state index in [-0.39, 0.29) is 0 Å². The van der Waals surface area contributed by atoms with Gasteiger partial charge in [-0.2, -0.15) is 16.3 Å². The summed E-state index contributed by atoms with van der Waals surface area (Å²) < 4.78 is 1.78. The quantitative estimate of drug-likeness (QED) is 0.560. The number of nitrogen functional groups attached to an aromatic ring is 1. The number of piperidine rings is 1. The molecule has 1 aromatic carbocycles. The van der Waals surface area contributed by atoms with E-state index in [4.69, 9.17) is 20.8 Å². The number of rotatable bonds is 3. The summed E-state index contributed by atoms with van der Waals surface area (Å²) in [7, 11) is 0. The molecule has 0 atom stereocenters. The first-order valence-corrected chi connectivity index (χ1v) is 10.6. The molecule has 4 aromatic rings. The van der Waals surface area contributed by atoms with Gasteiger partial charge in [0.05, 0.1) is 16.8 Å². The Kier molecular flexibility index (Phi) is 4.24. The molecule has 1 fully saturated rings. The van der Waals surface area contributed by atoms with Crippen LogP contribution in [0, 0.1) is 6.92 Å². The van der Waals surface area contributed by atoms with Crippen molar-refractivity contribution < 1.29 is 0 Å². The zero-order valence-corrected chi connectivity index (χ0v) is 16.6. The lowest BCUT2D eigenvalue weighted by molar-refractivity contribution is 0.569. The minimum absolute atomic E-state index is 0.576. The van der Waals surface area contributed by atoms with E-state index in [0.29, 0.717) is 11.5 Å². The molecule has 3 aromatic heterocycles. The minimum atomic E-state index is 0.576. The van der Waals surface area contributed by atoms with Gasteiger partial charge in [0.25, 0.3) is 0 Å². The van der Waals surface area contributed by atoms with Crippen molar-refractivity contribution in [2.24, 2.45) is 0 Å². The lowest BCUT2D eigenvalue weighted by atomic mass is 10.1. The van der Waals surface area contributed by atoms with Gasteiger partial charge in [0.2, 0.25) is 5.95 Å². The maximum atomic E-state index is 6.57. The van der Waals surface area contributed by atoms with Crippen LogP contribution in [0.25, 0.3) is 28.0 Å². The molecule has 0 bridgehead atoms. The number of hydrogen-bond donors (Lipinski definition) is 1. The monoisotopic (exact) mass is 390 g/mol. The molecule has 0 spiro atoms. The number of aromatic nitrogens is 4. The summed E-state index contributed by atoms with van der Waals surface area (Å²) in [5.74, 6) is 1.33. The van der Waals surface area contributed by atoms with E-state index in [0.717, 1.165) is 46.9 Å². The molecule has 1 aliphatic heterocycles. The van der Waals surface area contributed by atoms with Crippen molar-refractivity contribution in [3.63, 3.8) is 0 Å². The molecule has 28 heavy (non-hydrogen) atoms. The second-order valence-corrected chi connectivity index (χ2v) is 8.05. The summed E-state index contributed by atoms with van der Waals surface area (Å²) in [6, 6.07) is 10.2. The van der Waals surface area contributed by atoms with Crippen molar-refractivity contribution in [2.45, 2.75) is 26.2 Å². The van der Waals surface area contributed by atoms with Crippen LogP contribution in [-0.4, -0.2) is 32.8 Å². The van der Waals surface area contributed by atoms with Crippen LogP contribution < -0.4 is 10.6 Å². The molecule has 6 nitrogen and oxygen atoms in total. The fraction of sp³-hybridized carbons (Fsp3) is 0.286. The van der Waals surface area contributed by atoms with Gasteiger partial charge >= 0.3 is 0 Å². The van der Waals surface area contributed by atoms with Gasteiger partial charge in [-0.1, -0.05) is 12.1 Å². The van der Waals surface area contributed by atoms with Crippen molar-refractivity contribution >= 4 is 34.1 Å². The number of nitrogens with two attached hydrogens (primary N) is 1. The van der Waals surface area contributed by atoms with Crippen LogP contribution in [0.2, 0.25) is 0 Å². The van der Waals surface area contributed by atoms with Crippen molar-refractivity contribution in [1.82, 2.24) is 19.7 Å². The average Bonchev–Trinajstić information content (AvgIpc) is 3.37. The number of fused-ring (bicyclic) bond motifs is 1. The van der Waals surface area contributed by atoms with Crippen molar-refractivity contribution in [1.29, 1.82) is 0 Å². The van der Waals surface area contributed by atoms with Gasteiger partial charge in [0, 0.05) is 24.0 Å². The molecule has 0 radical (unpaired) electrons. The first-order valence-electron chi connectivity index (χ1n) is 9.61. The normalized spacial score (nSPS) is 14.7. The number of benzene rings is 1. The highest BCUT2D eigenvalue weighted by Gasteiger charge is 2.22. The number of aryl methyl sites for hydroxylation is 1. The minimum Gasteiger partial charge on any atom is -0.383 e. The Hall–Kier alpha value is -2.93. The lowest BCUT2D eigenvalue weighted by Crippen LogP contribution is -2.31. The molecule has 1 aliphatic rings. The molecule has 142 valence electrons. The molecule has 4 heterocycles. The highest BCUT2D eigenvalue weighted by atomic mass is 32.1. The molecular weight excluding hydrogens is 368 g/mol. The van der Waals surface area contributed by atoms with Gasteiger partial charge in [0.15, 0.2) is 5.65 Å². The summed E-state index contributed by atoms with van der Waals surface area (Å²) in [6.07, 6.45) is 3.62. The Bertz CT molecular complexity index is 1130. The Labute approximate surface area is 167 Å². The molecule has 5 rings (SSSR count). The summed E-state index contributed by atoms with van der Waals surface area (Å²) in [6.45, 7) is 4.04. The first kappa shape index (κ1) is 17.2. The van der Waals surface area contributed by atoms with E-state index in [2.05, 4.69) is 40.8 Å². The van der Waals surface area contributed by atoms with Gasteiger partial charge in [-0.15, -0.1) is 5.10 Å². The van der Waals surface area contributed by atoms with Gasteiger partial charge in [-0.3, -0.25) is 0 Å². The lowest BCUT2D eigenvalue weighted by Gasteiger charge is -2.26. The van der Waals surface area contributed by atoms with E-state index in [1.165, 1.54) is 19.3 Å². The topological polar surface area (TPSA) is 72.9 Å². The van der Waals surface area contributed by atoms with Crippen LogP contribution in [0.15, 0.2) is 41.1 Å². The van der Waals surface area contributed by atoms with Crippen LogP contribution in [0.5, 0.6) is 0 Å². The van der Waals surface area contributed by atoms with E-state index in [9.17, 15) is 0 Å². The summed E-state index contributed by atoms with van der Waals surface area (Å²) in [4.78, 5) is 12.0. The maximum Gasteiger partial charge on any atom is 0.228 e. The summed E-state index contributed by atoms with van der Waals surface area (Å²) in [5.41, 5.74) is 11.2. The van der Waals surface area contributed by atoms with Crippen LogP contribution in [0.3, 0.4) is 0 Å². The average molecular weight is 391 g/mol. The second kappa shape index (κ2) is 6.91. The maximum absolute atomic E-state index is 6.57. The molecule has 1 saturated heterocycles. The van der Waals surface area contributed by atoms with E-state index >= 15 is 0 Å². The zero-order chi connectivity index (χ0) is 19.1. The predicted molar refractivity (Wildman–Crippen MR) is 115 cm³/mol. The summed E-state index contributed by atoms with van der Waals surface area (Å²) >= 11 is 1.65. The highest BCUT2D eigenvalue weighted by molar-refractivity contribution is 7.08. The Balaban J connectivity index is 1.74. The molecule has 0 unspecified atom stereocenters. The van der Waals surface area contributed by atoms with E-state index in [1.54, 1.807) is 16.0 Å². The summed E-state index contributed by atoms with van der Waals surface area (Å²) in [5, 5.41) is 9.75. The van der Waals surface area contributed by atoms with E-state index < -0.39 is 0 Å². The number of nitrogens with zero attached hydrogens (tertiary/aromatic N) is 5. The third-order valence-corrected chi connectivity index (χ3v) is 5.92. The zero-order valence-electron chi connectivity index (χ0n) is 15.8. The molecular formula is C21H22N6S. The third-order valence-electron chi connectivity index (χ3n) is 5.24. The predicted octanol–water partition coefficient (Wildman–Crippen LogP) is 4.42.